The maximum Gasteiger partial charge on any atom is 0.0914 e. The highest BCUT2D eigenvalue weighted by molar-refractivity contribution is 6.35. The van der Waals surface area contributed by atoms with E-state index in [0.717, 1.165) is 40.3 Å². The Labute approximate surface area is 120 Å². The molecule has 0 radical (unpaired) electrons. The van der Waals surface area contributed by atoms with E-state index in [1.165, 1.54) is 5.56 Å². The SMILES string of the molecule is CCNc1cc(CC(C)C)nc2c(Cl)ccc(C)c12. The lowest BCUT2D eigenvalue weighted by Gasteiger charge is -2.14. The van der Waals surface area contributed by atoms with Crippen molar-refractivity contribution < 1.29 is 0 Å². The van der Waals surface area contributed by atoms with Crippen molar-refractivity contribution in [2.45, 2.75) is 34.1 Å². The molecule has 0 fully saturated rings. The summed E-state index contributed by atoms with van der Waals surface area (Å²) in [5.74, 6) is 0.586. The first-order valence-electron chi connectivity index (χ1n) is 6.85. The zero-order valence-electron chi connectivity index (χ0n) is 12.0. The predicted molar refractivity (Wildman–Crippen MR) is 84.2 cm³/mol. The van der Waals surface area contributed by atoms with Gasteiger partial charge in [-0.2, -0.15) is 0 Å². The van der Waals surface area contributed by atoms with Gasteiger partial charge in [-0.05, 0) is 43.9 Å². The number of benzene rings is 1. The van der Waals surface area contributed by atoms with Gasteiger partial charge in [0.1, 0.15) is 0 Å². The number of pyridine rings is 1. The monoisotopic (exact) mass is 276 g/mol. The molecule has 0 saturated heterocycles. The van der Waals surface area contributed by atoms with Gasteiger partial charge in [-0.25, -0.2) is 0 Å². The van der Waals surface area contributed by atoms with Gasteiger partial charge in [0.05, 0.1) is 10.5 Å². The molecule has 1 aromatic carbocycles. The first kappa shape index (κ1) is 14.1. The summed E-state index contributed by atoms with van der Waals surface area (Å²) in [5.41, 5.74) is 4.36. The smallest absolute Gasteiger partial charge is 0.0914 e. The van der Waals surface area contributed by atoms with Gasteiger partial charge in [-0.3, -0.25) is 4.98 Å². The largest absolute Gasteiger partial charge is 0.385 e. The number of hydrogen-bond acceptors (Lipinski definition) is 2. The molecular weight excluding hydrogens is 256 g/mol. The van der Waals surface area contributed by atoms with Crippen LogP contribution < -0.4 is 5.32 Å². The Morgan fingerprint density at radius 3 is 2.68 bits per heavy atom. The molecule has 0 aliphatic carbocycles. The summed E-state index contributed by atoms with van der Waals surface area (Å²) in [4.78, 5) is 4.75. The summed E-state index contributed by atoms with van der Waals surface area (Å²) in [5, 5.41) is 5.30. The number of anilines is 1. The van der Waals surface area contributed by atoms with Crippen molar-refractivity contribution in [3.05, 3.63) is 34.5 Å². The Hall–Kier alpha value is -1.28. The fourth-order valence-corrected chi connectivity index (χ4v) is 2.58. The van der Waals surface area contributed by atoms with Crippen LogP contribution in [0.1, 0.15) is 32.0 Å². The lowest BCUT2D eigenvalue weighted by atomic mass is 10.0. The fourth-order valence-electron chi connectivity index (χ4n) is 2.38. The predicted octanol–water partition coefficient (Wildman–Crippen LogP) is 4.83. The van der Waals surface area contributed by atoms with Crippen LogP contribution in [0.5, 0.6) is 0 Å². The van der Waals surface area contributed by atoms with E-state index in [0.29, 0.717) is 5.92 Å². The quantitative estimate of drug-likeness (QED) is 0.865. The molecule has 0 aliphatic rings. The van der Waals surface area contributed by atoms with Crippen LogP contribution in [0.4, 0.5) is 5.69 Å². The average molecular weight is 277 g/mol. The number of nitrogens with one attached hydrogen (secondary N) is 1. The van der Waals surface area contributed by atoms with Gasteiger partial charge in [0, 0.05) is 23.3 Å². The highest BCUT2D eigenvalue weighted by Crippen LogP contribution is 2.31. The Morgan fingerprint density at radius 2 is 2.05 bits per heavy atom. The molecule has 1 aromatic heterocycles. The van der Waals surface area contributed by atoms with Gasteiger partial charge in [-0.15, -0.1) is 0 Å². The number of halogens is 1. The highest BCUT2D eigenvalue weighted by atomic mass is 35.5. The van der Waals surface area contributed by atoms with Crippen molar-refractivity contribution in [3.63, 3.8) is 0 Å². The molecule has 2 nitrogen and oxygen atoms in total. The van der Waals surface area contributed by atoms with Crippen LogP contribution in [0.2, 0.25) is 5.02 Å². The van der Waals surface area contributed by atoms with Gasteiger partial charge >= 0.3 is 0 Å². The van der Waals surface area contributed by atoms with Crippen LogP contribution in [0, 0.1) is 12.8 Å². The van der Waals surface area contributed by atoms with Crippen molar-refractivity contribution in [3.8, 4) is 0 Å². The number of aryl methyl sites for hydroxylation is 1. The third kappa shape index (κ3) is 3.01. The van der Waals surface area contributed by atoms with Gasteiger partial charge < -0.3 is 5.32 Å². The van der Waals surface area contributed by atoms with E-state index in [-0.39, 0.29) is 0 Å². The zero-order chi connectivity index (χ0) is 14.0. The lowest BCUT2D eigenvalue weighted by Crippen LogP contribution is -2.04. The van der Waals surface area contributed by atoms with Crippen molar-refractivity contribution in [1.82, 2.24) is 4.98 Å². The molecule has 3 heteroatoms. The van der Waals surface area contributed by atoms with E-state index in [1.807, 2.05) is 6.07 Å². The molecular formula is C16H21ClN2. The molecule has 0 bridgehead atoms. The van der Waals surface area contributed by atoms with Gasteiger partial charge in [-0.1, -0.05) is 31.5 Å². The summed E-state index contributed by atoms with van der Waals surface area (Å²) in [6.07, 6.45) is 0.971. The lowest BCUT2D eigenvalue weighted by molar-refractivity contribution is 0.637. The topological polar surface area (TPSA) is 24.9 Å². The van der Waals surface area contributed by atoms with Gasteiger partial charge in [0.2, 0.25) is 0 Å². The number of aromatic nitrogens is 1. The molecule has 0 atom stereocenters. The van der Waals surface area contributed by atoms with Crippen molar-refractivity contribution >= 4 is 28.2 Å². The maximum atomic E-state index is 6.32. The van der Waals surface area contributed by atoms with Gasteiger partial charge in [0.25, 0.3) is 0 Å². The summed E-state index contributed by atoms with van der Waals surface area (Å²) >= 11 is 6.32. The van der Waals surface area contributed by atoms with E-state index in [1.54, 1.807) is 0 Å². The molecule has 0 unspecified atom stereocenters. The first-order valence-corrected chi connectivity index (χ1v) is 7.23. The molecule has 2 rings (SSSR count). The second kappa shape index (κ2) is 5.79. The van der Waals surface area contributed by atoms with Crippen molar-refractivity contribution in [1.29, 1.82) is 0 Å². The Morgan fingerprint density at radius 1 is 1.32 bits per heavy atom. The third-order valence-electron chi connectivity index (χ3n) is 3.16. The first-order chi connectivity index (χ1) is 9.02. The molecule has 0 spiro atoms. The Bertz CT molecular complexity index is 591. The third-order valence-corrected chi connectivity index (χ3v) is 3.46. The summed E-state index contributed by atoms with van der Waals surface area (Å²) in [7, 11) is 0. The summed E-state index contributed by atoms with van der Waals surface area (Å²) in [6, 6.07) is 6.14. The van der Waals surface area contributed by atoms with Crippen LogP contribution in [0.15, 0.2) is 18.2 Å². The van der Waals surface area contributed by atoms with Crippen LogP contribution >= 0.6 is 11.6 Å². The minimum Gasteiger partial charge on any atom is -0.385 e. The second-order valence-electron chi connectivity index (χ2n) is 5.38. The van der Waals surface area contributed by atoms with E-state index in [2.05, 4.69) is 45.1 Å². The molecule has 0 aliphatic heterocycles. The zero-order valence-corrected chi connectivity index (χ0v) is 12.8. The van der Waals surface area contributed by atoms with Crippen LogP contribution in [-0.4, -0.2) is 11.5 Å². The summed E-state index contributed by atoms with van der Waals surface area (Å²) in [6.45, 7) is 9.51. The molecule has 102 valence electrons. The van der Waals surface area contributed by atoms with E-state index in [4.69, 9.17) is 16.6 Å². The van der Waals surface area contributed by atoms with Crippen LogP contribution in [-0.2, 0) is 6.42 Å². The number of nitrogens with zero attached hydrogens (tertiary/aromatic N) is 1. The fraction of sp³-hybridized carbons (Fsp3) is 0.438. The highest BCUT2D eigenvalue weighted by Gasteiger charge is 2.11. The molecule has 0 saturated carbocycles. The minimum absolute atomic E-state index is 0.586. The number of hydrogen-bond donors (Lipinski definition) is 1. The van der Waals surface area contributed by atoms with Crippen LogP contribution in [0.3, 0.4) is 0 Å². The van der Waals surface area contributed by atoms with E-state index in [9.17, 15) is 0 Å². The maximum absolute atomic E-state index is 6.32. The van der Waals surface area contributed by atoms with E-state index >= 15 is 0 Å². The molecule has 1 N–H and O–H groups in total. The number of fused-ring (bicyclic) bond motifs is 1. The molecule has 19 heavy (non-hydrogen) atoms. The second-order valence-corrected chi connectivity index (χ2v) is 5.78. The molecule has 0 amide bonds. The summed E-state index contributed by atoms with van der Waals surface area (Å²) < 4.78 is 0. The molecule has 1 heterocycles. The normalized spacial score (nSPS) is 11.3. The standard InChI is InChI=1S/C16H21ClN2/c1-5-18-14-9-12(8-10(2)3)19-16-13(17)7-6-11(4)15(14)16/h6-7,9-10H,5,8H2,1-4H3,(H,18,19). The Kier molecular flexibility index (Phi) is 4.31. The minimum atomic E-state index is 0.586. The van der Waals surface area contributed by atoms with Gasteiger partial charge in [0.15, 0.2) is 0 Å². The van der Waals surface area contributed by atoms with Crippen LogP contribution in [0.25, 0.3) is 10.9 Å². The number of rotatable bonds is 4. The average Bonchev–Trinajstić information content (AvgIpc) is 2.33. The molecule has 2 aromatic rings. The van der Waals surface area contributed by atoms with E-state index < -0.39 is 0 Å². The van der Waals surface area contributed by atoms with Crippen molar-refractivity contribution in [2.75, 3.05) is 11.9 Å². The Balaban J connectivity index is 2.68. The van der Waals surface area contributed by atoms with Crippen molar-refractivity contribution in [2.24, 2.45) is 5.92 Å².